The summed E-state index contributed by atoms with van der Waals surface area (Å²) in [7, 11) is 0. The maximum Gasteiger partial charge on any atom is 0.123 e. The van der Waals surface area contributed by atoms with Crippen LogP contribution >= 0.6 is 0 Å². The summed E-state index contributed by atoms with van der Waals surface area (Å²) in [6, 6.07) is 5.95. The first-order valence-electron chi connectivity index (χ1n) is 7.02. The van der Waals surface area contributed by atoms with Gasteiger partial charge in [0.25, 0.3) is 0 Å². The second-order valence-electron chi connectivity index (χ2n) is 4.29. The normalized spacial score (nSPS) is 10.2. The van der Waals surface area contributed by atoms with Gasteiger partial charge in [0.05, 0.1) is 6.61 Å². The van der Waals surface area contributed by atoms with E-state index in [1.165, 1.54) is 0 Å². The Kier molecular flexibility index (Phi) is 7.75. The summed E-state index contributed by atoms with van der Waals surface area (Å²) in [5.41, 5.74) is 1.12. The van der Waals surface area contributed by atoms with Crippen LogP contribution in [-0.2, 0) is 6.42 Å². The van der Waals surface area contributed by atoms with Crippen LogP contribution in [0.4, 0.5) is 0 Å². The van der Waals surface area contributed by atoms with Crippen LogP contribution in [0.5, 0.6) is 11.5 Å². The highest BCUT2D eigenvalue weighted by atomic mass is 16.5. The molecule has 0 unspecified atom stereocenters. The van der Waals surface area contributed by atoms with E-state index in [4.69, 9.17) is 9.47 Å². The van der Waals surface area contributed by atoms with E-state index in [0.717, 1.165) is 43.0 Å². The van der Waals surface area contributed by atoms with E-state index < -0.39 is 0 Å². The Balaban J connectivity index is 2.57. The summed E-state index contributed by atoms with van der Waals surface area (Å²) < 4.78 is 11.3. The van der Waals surface area contributed by atoms with Gasteiger partial charge in [0.1, 0.15) is 18.1 Å². The summed E-state index contributed by atoms with van der Waals surface area (Å²) in [5.74, 6) is 1.80. The third-order valence-corrected chi connectivity index (χ3v) is 2.67. The van der Waals surface area contributed by atoms with E-state index in [1.807, 2.05) is 31.2 Å². The van der Waals surface area contributed by atoms with Crippen LogP contribution in [0.2, 0.25) is 0 Å². The van der Waals surface area contributed by atoms with Gasteiger partial charge in [0, 0.05) is 12.1 Å². The molecule has 0 atom stereocenters. The largest absolute Gasteiger partial charge is 0.494 e. The summed E-state index contributed by atoms with van der Waals surface area (Å²) in [6.45, 7) is 11.2. The molecular weight excluding hydrogens is 238 g/mol. The molecule has 19 heavy (non-hydrogen) atoms. The fourth-order valence-corrected chi connectivity index (χ4v) is 1.80. The van der Waals surface area contributed by atoms with Crippen LogP contribution in [0.25, 0.3) is 0 Å². The molecule has 0 spiro atoms. The van der Waals surface area contributed by atoms with Crippen LogP contribution < -0.4 is 14.8 Å². The quantitative estimate of drug-likeness (QED) is 0.519. The molecule has 0 radical (unpaired) electrons. The molecule has 106 valence electrons. The lowest BCUT2D eigenvalue weighted by Crippen LogP contribution is -2.21. The molecule has 0 aromatic heterocycles. The van der Waals surface area contributed by atoms with Crippen LogP contribution in [0.1, 0.15) is 25.8 Å². The molecule has 0 aliphatic carbocycles. The number of hydrogen-bond acceptors (Lipinski definition) is 3. The fourth-order valence-electron chi connectivity index (χ4n) is 1.80. The Labute approximate surface area is 116 Å². The minimum atomic E-state index is 0.675. The molecule has 0 bridgehead atoms. The topological polar surface area (TPSA) is 30.5 Å². The van der Waals surface area contributed by atoms with Gasteiger partial charge in [0.2, 0.25) is 0 Å². The predicted molar refractivity (Wildman–Crippen MR) is 80.2 cm³/mol. The van der Waals surface area contributed by atoms with Crippen molar-refractivity contribution < 1.29 is 9.47 Å². The molecule has 1 aromatic rings. The molecule has 0 saturated heterocycles. The van der Waals surface area contributed by atoms with Gasteiger partial charge >= 0.3 is 0 Å². The molecule has 0 saturated carbocycles. The van der Waals surface area contributed by atoms with Gasteiger partial charge < -0.3 is 14.8 Å². The first kappa shape index (κ1) is 15.6. The number of ether oxygens (including phenoxy) is 2. The van der Waals surface area contributed by atoms with Crippen LogP contribution in [-0.4, -0.2) is 26.3 Å². The zero-order chi connectivity index (χ0) is 13.9. The first-order valence-corrected chi connectivity index (χ1v) is 7.02. The summed E-state index contributed by atoms with van der Waals surface area (Å²) in [6.07, 6.45) is 3.82. The molecule has 1 N–H and O–H groups in total. The number of allylic oxidation sites excluding steroid dienone is 1. The standard InChI is InChI=1S/C16H25NO2/c1-4-7-14-13-15(18-6-3)8-9-16(14)19-12-11-17-10-5-2/h4,8-9,13,17H,1,5-7,10-12H2,2-3H3. The molecule has 1 aromatic carbocycles. The summed E-state index contributed by atoms with van der Waals surface area (Å²) >= 11 is 0. The van der Waals surface area contributed by atoms with Gasteiger partial charge in [-0.05, 0) is 44.5 Å². The van der Waals surface area contributed by atoms with Crippen molar-refractivity contribution in [3.63, 3.8) is 0 Å². The Hall–Kier alpha value is -1.48. The van der Waals surface area contributed by atoms with Gasteiger partial charge in [-0.15, -0.1) is 6.58 Å². The maximum atomic E-state index is 5.80. The van der Waals surface area contributed by atoms with E-state index in [2.05, 4.69) is 18.8 Å². The maximum absolute atomic E-state index is 5.80. The van der Waals surface area contributed by atoms with E-state index >= 15 is 0 Å². The van der Waals surface area contributed by atoms with Crippen LogP contribution in [0.15, 0.2) is 30.9 Å². The molecule has 0 fully saturated rings. The van der Waals surface area contributed by atoms with Crippen molar-refractivity contribution in [2.24, 2.45) is 0 Å². The van der Waals surface area contributed by atoms with Crippen molar-refractivity contribution in [3.8, 4) is 11.5 Å². The molecule has 3 nitrogen and oxygen atoms in total. The molecule has 0 aliphatic rings. The third-order valence-electron chi connectivity index (χ3n) is 2.67. The number of benzene rings is 1. The zero-order valence-corrected chi connectivity index (χ0v) is 12.1. The molecule has 1 rings (SSSR count). The lowest BCUT2D eigenvalue weighted by Gasteiger charge is -2.13. The van der Waals surface area contributed by atoms with Gasteiger partial charge in [-0.25, -0.2) is 0 Å². The Bertz CT molecular complexity index is 377. The summed E-state index contributed by atoms with van der Waals surface area (Å²) in [5, 5.41) is 3.32. The minimum Gasteiger partial charge on any atom is -0.494 e. The summed E-state index contributed by atoms with van der Waals surface area (Å²) in [4.78, 5) is 0. The van der Waals surface area contributed by atoms with Gasteiger partial charge in [-0.2, -0.15) is 0 Å². The number of rotatable bonds is 10. The minimum absolute atomic E-state index is 0.675. The van der Waals surface area contributed by atoms with E-state index in [1.54, 1.807) is 0 Å². The molecule has 0 amide bonds. The fraction of sp³-hybridized carbons (Fsp3) is 0.500. The van der Waals surface area contributed by atoms with Crippen molar-refractivity contribution >= 4 is 0 Å². The van der Waals surface area contributed by atoms with E-state index in [9.17, 15) is 0 Å². The van der Waals surface area contributed by atoms with Crippen molar-refractivity contribution in [2.75, 3.05) is 26.3 Å². The van der Waals surface area contributed by atoms with Crippen molar-refractivity contribution in [1.82, 2.24) is 5.32 Å². The Morgan fingerprint density at radius 3 is 2.74 bits per heavy atom. The molecule has 3 heteroatoms. The Morgan fingerprint density at radius 2 is 2.05 bits per heavy atom. The SMILES string of the molecule is C=CCc1cc(OCC)ccc1OCCNCCC. The number of nitrogens with one attached hydrogen (secondary N) is 1. The van der Waals surface area contributed by atoms with E-state index in [-0.39, 0.29) is 0 Å². The Morgan fingerprint density at radius 1 is 1.21 bits per heavy atom. The van der Waals surface area contributed by atoms with Crippen LogP contribution in [0.3, 0.4) is 0 Å². The second kappa shape index (κ2) is 9.45. The average molecular weight is 263 g/mol. The average Bonchev–Trinajstić information content (AvgIpc) is 2.41. The monoisotopic (exact) mass is 263 g/mol. The zero-order valence-electron chi connectivity index (χ0n) is 12.1. The van der Waals surface area contributed by atoms with Gasteiger partial charge in [0.15, 0.2) is 0 Å². The van der Waals surface area contributed by atoms with Gasteiger partial charge in [-0.3, -0.25) is 0 Å². The third kappa shape index (κ3) is 5.79. The highest BCUT2D eigenvalue weighted by Gasteiger charge is 2.04. The second-order valence-corrected chi connectivity index (χ2v) is 4.29. The van der Waals surface area contributed by atoms with Crippen LogP contribution in [0, 0.1) is 0 Å². The lowest BCUT2D eigenvalue weighted by atomic mass is 10.1. The van der Waals surface area contributed by atoms with E-state index in [0.29, 0.717) is 13.2 Å². The molecule has 0 aliphatic heterocycles. The van der Waals surface area contributed by atoms with Crippen molar-refractivity contribution in [2.45, 2.75) is 26.7 Å². The van der Waals surface area contributed by atoms with Gasteiger partial charge in [-0.1, -0.05) is 13.0 Å². The van der Waals surface area contributed by atoms with Crippen molar-refractivity contribution in [1.29, 1.82) is 0 Å². The highest BCUT2D eigenvalue weighted by Crippen LogP contribution is 2.25. The predicted octanol–water partition coefficient (Wildman–Crippen LogP) is 3.19. The van der Waals surface area contributed by atoms with Crippen molar-refractivity contribution in [3.05, 3.63) is 36.4 Å². The lowest BCUT2D eigenvalue weighted by molar-refractivity contribution is 0.309. The smallest absolute Gasteiger partial charge is 0.123 e. The number of hydrogen-bond donors (Lipinski definition) is 1. The highest BCUT2D eigenvalue weighted by molar-refractivity contribution is 5.41. The molecular formula is C16H25NO2. The first-order chi connectivity index (χ1) is 9.31. The molecule has 0 heterocycles.